The molecular formula is C19H29FIN7O. The van der Waals surface area contributed by atoms with Crippen LogP contribution in [0.5, 0.6) is 0 Å². The first-order valence-corrected chi connectivity index (χ1v) is 9.79. The van der Waals surface area contributed by atoms with Gasteiger partial charge in [0.15, 0.2) is 23.4 Å². The Kier molecular flexibility index (Phi) is 9.05. The van der Waals surface area contributed by atoms with E-state index in [9.17, 15) is 4.39 Å². The third-order valence-corrected chi connectivity index (χ3v) is 4.51. The van der Waals surface area contributed by atoms with Crippen molar-refractivity contribution in [2.75, 3.05) is 31.1 Å². The summed E-state index contributed by atoms with van der Waals surface area (Å²) in [6, 6.07) is 3.22. The van der Waals surface area contributed by atoms with Crippen LogP contribution < -0.4 is 15.5 Å². The molecule has 29 heavy (non-hydrogen) atoms. The zero-order chi connectivity index (χ0) is 19.9. The lowest BCUT2D eigenvalue weighted by Gasteiger charge is -2.19. The van der Waals surface area contributed by atoms with E-state index in [0.29, 0.717) is 31.2 Å². The van der Waals surface area contributed by atoms with E-state index in [-0.39, 0.29) is 41.8 Å². The summed E-state index contributed by atoms with van der Waals surface area (Å²) >= 11 is 0. The molecule has 1 aliphatic rings. The van der Waals surface area contributed by atoms with Gasteiger partial charge in [0.25, 0.3) is 0 Å². The van der Waals surface area contributed by atoms with Crippen LogP contribution in [0.25, 0.3) is 0 Å². The average Bonchev–Trinajstić information content (AvgIpc) is 3.32. The fraction of sp³-hybridized carbons (Fsp3) is 0.579. The van der Waals surface area contributed by atoms with Crippen molar-refractivity contribution in [3.05, 3.63) is 35.9 Å². The molecule has 1 atom stereocenters. The number of nitrogens with zero attached hydrogens (tertiary/aromatic N) is 5. The van der Waals surface area contributed by atoms with Gasteiger partial charge in [-0.2, -0.15) is 4.98 Å². The third-order valence-electron chi connectivity index (χ3n) is 4.51. The molecule has 8 nitrogen and oxygen atoms in total. The maximum absolute atomic E-state index is 14.0. The van der Waals surface area contributed by atoms with Gasteiger partial charge in [0.05, 0.1) is 6.54 Å². The molecule has 0 amide bonds. The Hall–Kier alpha value is -1.98. The first-order chi connectivity index (χ1) is 13.6. The number of hydrogen-bond acceptors (Lipinski definition) is 6. The molecule has 2 aromatic heterocycles. The summed E-state index contributed by atoms with van der Waals surface area (Å²) in [5.74, 6) is 2.42. The quantitative estimate of drug-likeness (QED) is 0.332. The number of guanidine groups is 1. The normalized spacial score (nSPS) is 16.8. The van der Waals surface area contributed by atoms with Gasteiger partial charge in [-0.1, -0.05) is 19.0 Å². The predicted octanol–water partition coefficient (Wildman–Crippen LogP) is 2.72. The van der Waals surface area contributed by atoms with Crippen molar-refractivity contribution in [2.24, 2.45) is 4.99 Å². The molecule has 0 aliphatic carbocycles. The second kappa shape index (κ2) is 11.3. The number of hydrogen-bond donors (Lipinski definition) is 2. The van der Waals surface area contributed by atoms with E-state index in [4.69, 9.17) is 4.52 Å². The van der Waals surface area contributed by atoms with Crippen LogP contribution in [0, 0.1) is 5.82 Å². The highest BCUT2D eigenvalue weighted by molar-refractivity contribution is 14.0. The van der Waals surface area contributed by atoms with Crippen molar-refractivity contribution in [1.82, 2.24) is 25.8 Å². The molecule has 2 aromatic rings. The molecule has 0 aromatic carbocycles. The van der Waals surface area contributed by atoms with Gasteiger partial charge in [0, 0.05) is 44.2 Å². The van der Waals surface area contributed by atoms with Crippen LogP contribution in [0.3, 0.4) is 0 Å². The first-order valence-electron chi connectivity index (χ1n) is 9.79. The van der Waals surface area contributed by atoms with E-state index in [0.717, 1.165) is 31.3 Å². The van der Waals surface area contributed by atoms with Crippen molar-refractivity contribution < 1.29 is 8.91 Å². The minimum absolute atomic E-state index is 0. The second-order valence-electron chi connectivity index (χ2n) is 7.10. The molecule has 0 bridgehead atoms. The van der Waals surface area contributed by atoms with Crippen LogP contribution in [-0.2, 0) is 6.42 Å². The molecule has 0 saturated carbocycles. The number of pyridine rings is 1. The Morgan fingerprint density at radius 3 is 2.97 bits per heavy atom. The van der Waals surface area contributed by atoms with Gasteiger partial charge in [-0.05, 0) is 25.5 Å². The van der Waals surface area contributed by atoms with Crippen LogP contribution in [-0.4, -0.2) is 53.3 Å². The average molecular weight is 517 g/mol. The Morgan fingerprint density at radius 1 is 1.45 bits per heavy atom. The number of rotatable bonds is 7. The lowest BCUT2D eigenvalue weighted by molar-refractivity contribution is 0.372. The van der Waals surface area contributed by atoms with Crippen LogP contribution in [0.15, 0.2) is 27.8 Å². The molecule has 3 heterocycles. The van der Waals surface area contributed by atoms with E-state index < -0.39 is 0 Å². The maximum Gasteiger partial charge on any atom is 0.228 e. The summed E-state index contributed by atoms with van der Waals surface area (Å²) in [7, 11) is 0. The molecule has 160 valence electrons. The highest BCUT2D eigenvalue weighted by Crippen LogP contribution is 2.20. The number of anilines is 1. The number of nitrogens with one attached hydrogen (secondary N) is 2. The second-order valence-corrected chi connectivity index (χ2v) is 7.10. The zero-order valence-corrected chi connectivity index (χ0v) is 19.4. The van der Waals surface area contributed by atoms with Gasteiger partial charge in [0.2, 0.25) is 5.89 Å². The van der Waals surface area contributed by atoms with Gasteiger partial charge < -0.3 is 20.1 Å². The zero-order valence-electron chi connectivity index (χ0n) is 17.1. The third kappa shape index (κ3) is 6.51. The smallest absolute Gasteiger partial charge is 0.228 e. The molecule has 0 spiro atoms. The topological polar surface area (TPSA) is 91.5 Å². The van der Waals surface area contributed by atoms with E-state index >= 15 is 0 Å². The summed E-state index contributed by atoms with van der Waals surface area (Å²) in [4.78, 5) is 15.1. The fourth-order valence-corrected chi connectivity index (χ4v) is 3.06. The Bertz CT molecular complexity index is 798. The largest absolute Gasteiger partial charge is 0.357 e. The monoisotopic (exact) mass is 517 g/mol. The first kappa shape index (κ1) is 23.3. The van der Waals surface area contributed by atoms with Crippen LogP contribution >= 0.6 is 24.0 Å². The number of aromatic nitrogens is 3. The van der Waals surface area contributed by atoms with E-state index in [1.165, 1.54) is 6.07 Å². The van der Waals surface area contributed by atoms with Crippen LogP contribution in [0.1, 0.15) is 44.8 Å². The van der Waals surface area contributed by atoms with Gasteiger partial charge in [-0.25, -0.2) is 9.37 Å². The number of aliphatic imine (C=N–C) groups is 1. The Morgan fingerprint density at radius 2 is 2.28 bits per heavy atom. The molecule has 1 fully saturated rings. The minimum Gasteiger partial charge on any atom is -0.357 e. The highest BCUT2D eigenvalue weighted by Gasteiger charge is 2.25. The van der Waals surface area contributed by atoms with Crippen molar-refractivity contribution >= 4 is 35.8 Å². The van der Waals surface area contributed by atoms with E-state index in [2.05, 4.69) is 30.8 Å². The molecule has 1 aliphatic heterocycles. The summed E-state index contributed by atoms with van der Waals surface area (Å²) in [6.45, 7) is 8.82. The van der Waals surface area contributed by atoms with E-state index in [1.54, 1.807) is 12.3 Å². The van der Waals surface area contributed by atoms with Gasteiger partial charge in [-0.3, -0.25) is 4.99 Å². The van der Waals surface area contributed by atoms with Crippen molar-refractivity contribution in [3.8, 4) is 0 Å². The molecular weight excluding hydrogens is 488 g/mol. The molecule has 2 N–H and O–H groups in total. The van der Waals surface area contributed by atoms with Gasteiger partial charge in [0.1, 0.15) is 0 Å². The predicted molar refractivity (Wildman–Crippen MR) is 121 cm³/mol. The standard InChI is InChI=1S/C19H28FN7O.HI/c1-4-21-19(23-10-7-16-25-17(13(2)3)26-28-16)24-14-8-11-27(12-14)18-15(20)6-5-9-22-18;/h5-6,9,13-14H,4,7-8,10-12H2,1-3H3,(H2,21,23,24);1H. The lowest BCUT2D eigenvalue weighted by atomic mass is 10.2. The Balaban J connectivity index is 0.00000300. The van der Waals surface area contributed by atoms with Gasteiger partial charge in [-0.15, -0.1) is 24.0 Å². The van der Waals surface area contributed by atoms with Gasteiger partial charge >= 0.3 is 0 Å². The van der Waals surface area contributed by atoms with E-state index in [1.807, 2.05) is 25.7 Å². The molecule has 3 rings (SSSR count). The fourth-order valence-electron chi connectivity index (χ4n) is 3.06. The molecule has 0 radical (unpaired) electrons. The lowest BCUT2D eigenvalue weighted by Crippen LogP contribution is -2.44. The van der Waals surface area contributed by atoms with Crippen molar-refractivity contribution in [3.63, 3.8) is 0 Å². The number of halogens is 2. The SMILES string of the molecule is CCNC(=NCCc1nc(C(C)C)no1)NC1CCN(c2ncccc2F)C1.I. The summed E-state index contributed by atoms with van der Waals surface area (Å²) in [5.41, 5.74) is 0. The van der Waals surface area contributed by atoms with Crippen LogP contribution in [0.4, 0.5) is 10.2 Å². The summed E-state index contributed by atoms with van der Waals surface area (Å²) < 4.78 is 19.2. The molecule has 1 unspecified atom stereocenters. The van der Waals surface area contributed by atoms with Crippen LogP contribution in [0.2, 0.25) is 0 Å². The summed E-state index contributed by atoms with van der Waals surface area (Å²) in [6.07, 6.45) is 3.10. The van der Waals surface area contributed by atoms with Crippen molar-refractivity contribution in [2.45, 2.75) is 45.6 Å². The Labute approximate surface area is 187 Å². The summed E-state index contributed by atoms with van der Waals surface area (Å²) in [5, 5.41) is 10.6. The minimum atomic E-state index is -0.288. The van der Waals surface area contributed by atoms with Crippen molar-refractivity contribution in [1.29, 1.82) is 0 Å². The molecule has 1 saturated heterocycles. The maximum atomic E-state index is 14.0. The highest BCUT2D eigenvalue weighted by atomic mass is 127. The molecule has 10 heteroatoms.